The molecule has 1 aliphatic rings. The highest BCUT2D eigenvalue weighted by atomic mass is 19.1. The van der Waals surface area contributed by atoms with E-state index < -0.39 is 6.10 Å². The van der Waals surface area contributed by atoms with E-state index in [4.69, 9.17) is 0 Å². The van der Waals surface area contributed by atoms with Crippen molar-refractivity contribution < 1.29 is 14.3 Å². The number of hydrogen-bond acceptors (Lipinski definition) is 2. The number of aliphatic hydroxyl groups is 1. The SMILES string of the molecule is CN(C(=O)/C=C/c1ccccc1F)C1CCCCC1O. The molecule has 2 unspecified atom stereocenters. The number of aliphatic hydroxyl groups excluding tert-OH is 1. The number of benzene rings is 1. The number of halogens is 1. The van der Waals surface area contributed by atoms with Gasteiger partial charge in [0.15, 0.2) is 0 Å². The molecule has 4 heteroatoms. The fourth-order valence-corrected chi connectivity index (χ4v) is 2.60. The highest BCUT2D eigenvalue weighted by molar-refractivity contribution is 5.91. The number of carbonyl (C=O) groups excluding carboxylic acids is 1. The Kier molecular flexibility index (Phi) is 4.90. The largest absolute Gasteiger partial charge is 0.391 e. The summed E-state index contributed by atoms with van der Waals surface area (Å²) in [6, 6.07) is 6.18. The molecule has 2 rings (SSSR count). The molecule has 0 spiro atoms. The van der Waals surface area contributed by atoms with Crippen molar-refractivity contribution in [3.05, 3.63) is 41.7 Å². The molecule has 1 fully saturated rings. The average Bonchev–Trinajstić information content (AvgIpc) is 2.46. The van der Waals surface area contributed by atoms with Gasteiger partial charge in [0.25, 0.3) is 0 Å². The molecule has 1 aromatic carbocycles. The summed E-state index contributed by atoms with van der Waals surface area (Å²) in [4.78, 5) is 13.6. The molecule has 0 aromatic heterocycles. The molecule has 1 aromatic rings. The van der Waals surface area contributed by atoms with Gasteiger partial charge in [0.05, 0.1) is 12.1 Å². The molecular weight excluding hydrogens is 257 g/mol. The lowest BCUT2D eigenvalue weighted by molar-refractivity contribution is -0.130. The van der Waals surface area contributed by atoms with Gasteiger partial charge in [-0.1, -0.05) is 31.0 Å². The maximum Gasteiger partial charge on any atom is 0.246 e. The first-order valence-corrected chi connectivity index (χ1v) is 6.97. The Bertz CT molecular complexity index is 501. The first kappa shape index (κ1) is 14.7. The normalized spacial score (nSPS) is 22.9. The Balaban J connectivity index is 2.02. The minimum Gasteiger partial charge on any atom is -0.391 e. The first-order chi connectivity index (χ1) is 9.59. The van der Waals surface area contributed by atoms with E-state index in [0.717, 1.165) is 25.7 Å². The van der Waals surface area contributed by atoms with E-state index in [1.807, 2.05) is 0 Å². The number of amides is 1. The second kappa shape index (κ2) is 6.66. The quantitative estimate of drug-likeness (QED) is 0.863. The van der Waals surface area contributed by atoms with E-state index in [0.29, 0.717) is 5.56 Å². The van der Waals surface area contributed by atoms with Crippen LogP contribution in [-0.4, -0.2) is 35.1 Å². The van der Waals surface area contributed by atoms with Crippen molar-refractivity contribution in [2.45, 2.75) is 37.8 Å². The zero-order valence-electron chi connectivity index (χ0n) is 11.6. The summed E-state index contributed by atoms with van der Waals surface area (Å²) in [5.41, 5.74) is 0.387. The van der Waals surface area contributed by atoms with Crippen LogP contribution in [-0.2, 0) is 4.79 Å². The van der Waals surface area contributed by atoms with Crippen LogP contribution in [0.25, 0.3) is 6.08 Å². The average molecular weight is 277 g/mol. The van der Waals surface area contributed by atoms with Crippen LogP contribution in [0.5, 0.6) is 0 Å². The molecule has 0 saturated heterocycles. The lowest BCUT2D eigenvalue weighted by Gasteiger charge is -2.34. The van der Waals surface area contributed by atoms with Gasteiger partial charge in [-0.15, -0.1) is 0 Å². The molecule has 1 amide bonds. The molecule has 1 N–H and O–H groups in total. The molecule has 1 saturated carbocycles. The van der Waals surface area contributed by atoms with Crippen molar-refractivity contribution in [3.63, 3.8) is 0 Å². The van der Waals surface area contributed by atoms with Crippen molar-refractivity contribution in [1.82, 2.24) is 4.90 Å². The van der Waals surface area contributed by atoms with Crippen molar-refractivity contribution >= 4 is 12.0 Å². The van der Waals surface area contributed by atoms with Crippen molar-refractivity contribution in [2.24, 2.45) is 0 Å². The molecule has 108 valence electrons. The Morgan fingerprint density at radius 1 is 1.35 bits per heavy atom. The van der Waals surface area contributed by atoms with Crippen LogP contribution in [0.1, 0.15) is 31.2 Å². The minimum absolute atomic E-state index is 0.137. The molecule has 0 radical (unpaired) electrons. The molecule has 0 bridgehead atoms. The van der Waals surface area contributed by atoms with Gasteiger partial charge in [-0.3, -0.25) is 4.79 Å². The van der Waals surface area contributed by atoms with Crippen LogP contribution in [0.2, 0.25) is 0 Å². The molecule has 0 heterocycles. The number of rotatable bonds is 3. The monoisotopic (exact) mass is 277 g/mol. The highest BCUT2D eigenvalue weighted by Gasteiger charge is 2.28. The fraction of sp³-hybridized carbons (Fsp3) is 0.438. The third-order valence-corrected chi connectivity index (χ3v) is 3.85. The number of carbonyl (C=O) groups is 1. The van der Waals surface area contributed by atoms with E-state index in [1.54, 1.807) is 30.1 Å². The predicted molar refractivity (Wildman–Crippen MR) is 76.5 cm³/mol. The van der Waals surface area contributed by atoms with Crippen molar-refractivity contribution in [2.75, 3.05) is 7.05 Å². The molecule has 1 aliphatic carbocycles. The van der Waals surface area contributed by atoms with Gasteiger partial charge in [0, 0.05) is 18.7 Å². The molecular formula is C16H20FNO2. The number of likely N-dealkylation sites (N-methyl/N-ethyl adjacent to an activating group) is 1. The van der Waals surface area contributed by atoms with Gasteiger partial charge in [-0.05, 0) is 25.0 Å². The fourth-order valence-electron chi connectivity index (χ4n) is 2.60. The van der Waals surface area contributed by atoms with E-state index in [9.17, 15) is 14.3 Å². The van der Waals surface area contributed by atoms with Gasteiger partial charge in [0.1, 0.15) is 5.82 Å². The third kappa shape index (κ3) is 3.45. The van der Waals surface area contributed by atoms with E-state index in [2.05, 4.69) is 0 Å². The zero-order chi connectivity index (χ0) is 14.5. The van der Waals surface area contributed by atoms with Crippen molar-refractivity contribution in [1.29, 1.82) is 0 Å². The Morgan fingerprint density at radius 3 is 2.75 bits per heavy atom. The second-order valence-corrected chi connectivity index (χ2v) is 5.22. The van der Waals surface area contributed by atoms with Crippen LogP contribution < -0.4 is 0 Å². The molecule has 2 atom stereocenters. The molecule has 0 aliphatic heterocycles. The minimum atomic E-state index is -0.459. The van der Waals surface area contributed by atoms with Gasteiger partial charge in [0.2, 0.25) is 5.91 Å². The topological polar surface area (TPSA) is 40.5 Å². The summed E-state index contributed by atoms with van der Waals surface area (Å²) in [5.74, 6) is -0.559. The van der Waals surface area contributed by atoms with Gasteiger partial charge < -0.3 is 10.0 Å². The number of hydrogen-bond donors (Lipinski definition) is 1. The van der Waals surface area contributed by atoms with E-state index >= 15 is 0 Å². The van der Waals surface area contributed by atoms with Crippen LogP contribution in [0.4, 0.5) is 4.39 Å². The number of nitrogens with zero attached hydrogens (tertiary/aromatic N) is 1. The summed E-state index contributed by atoms with van der Waals surface area (Å²) >= 11 is 0. The molecule has 20 heavy (non-hydrogen) atoms. The third-order valence-electron chi connectivity index (χ3n) is 3.85. The summed E-state index contributed by atoms with van der Waals surface area (Å²) < 4.78 is 13.4. The van der Waals surface area contributed by atoms with Gasteiger partial charge >= 0.3 is 0 Å². The molecule has 3 nitrogen and oxygen atoms in total. The van der Waals surface area contributed by atoms with E-state index in [1.165, 1.54) is 18.2 Å². The van der Waals surface area contributed by atoms with Crippen LogP contribution in [0.3, 0.4) is 0 Å². The maximum absolute atomic E-state index is 13.4. The highest BCUT2D eigenvalue weighted by Crippen LogP contribution is 2.22. The Morgan fingerprint density at radius 2 is 2.05 bits per heavy atom. The van der Waals surface area contributed by atoms with Gasteiger partial charge in [-0.2, -0.15) is 0 Å². The van der Waals surface area contributed by atoms with E-state index in [-0.39, 0.29) is 17.8 Å². The summed E-state index contributed by atoms with van der Waals surface area (Å²) in [6.07, 6.45) is 5.96. The zero-order valence-corrected chi connectivity index (χ0v) is 11.6. The van der Waals surface area contributed by atoms with Gasteiger partial charge in [-0.25, -0.2) is 4.39 Å². The lowest BCUT2D eigenvalue weighted by atomic mass is 9.91. The van der Waals surface area contributed by atoms with Crippen LogP contribution in [0, 0.1) is 5.82 Å². The summed E-state index contributed by atoms with van der Waals surface area (Å²) in [6.45, 7) is 0. The predicted octanol–water partition coefficient (Wildman–Crippen LogP) is 2.60. The summed E-state index contributed by atoms with van der Waals surface area (Å²) in [5, 5.41) is 9.94. The maximum atomic E-state index is 13.4. The Labute approximate surface area is 118 Å². The Hall–Kier alpha value is -1.68. The van der Waals surface area contributed by atoms with Crippen molar-refractivity contribution in [3.8, 4) is 0 Å². The van der Waals surface area contributed by atoms with Crippen LogP contribution in [0.15, 0.2) is 30.3 Å². The smallest absolute Gasteiger partial charge is 0.246 e. The lowest BCUT2D eigenvalue weighted by Crippen LogP contribution is -2.45. The first-order valence-electron chi connectivity index (χ1n) is 6.97. The van der Waals surface area contributed by atoms with Crippen LogP contribution >= 0.6 is 0 Å². The summed E-state index contributed by atoms with van der Waals surface area (Å²) in [7, 11) is 1.69. The second-order valence-electron chi connectivity index (χ2n) is 5.22. The standard InChI is InChI=1S/C16H20FNO2/c1-18(14-8-4-5-9-15(14)19)16(20)11-10-12-6-2-3-7-13(12)17/h2-3,6-7,10-11,14-15,19H,4-5,8-9H2,1H3/b11-10+.